The molecular weight excluding hydrogens is 227 g/mol. The number of aliphatic carboxylic acids is 1. The van der Waals surface area contributed by atoms with Gasteiger partial charge in [0.05, 0.1) is 4.90 Å². The summed E-state index contributed by atoms with van der Waals surface area (Å²) in [6.07, 6.45) is 0. The molecule has 5 nitrogen and oxygen atoms in total. The van der Waals surface area contributed by atoms with Crippen molar-refractivity contribution < 1.29 is 27.8 Å². The summed E-state index contributed by atoms with van der Waals surface area (Å²) in [5.41, 5.74) is -3.03. The number of aromatic hydroxyl groups is 1. The second-order valence-electron chi connectivity index (χ2n) is 2.70. The van der Waals surface area contributed by atoms with E-state index >= 15 is 0 Å². The molecule has 1 aromatic carbocycles. The molecule has 0 spiro atoms. The first-order valence-electron chi connectivity index (χ1n) is 3.75. The molecule has 1 aromatic rings. The zero-order valence-corrected chi connectivity index (χ0v) is 8.11. The number of hydrogen-bond donors (Lipinski definition) is 2. The van der Waals surface area contributed by atoms with Crippen LogP contribution in [0.25, 0.3) is 0 Å². The topological polar surface area (TPSA) is 91.7 Å². The van der Waals surface area contributed by atoms with E-state index in [1.54, 1.807) is 0 Å². The monoisotopic (exact) mass is 234 g/mol. The maximum atomic E-state index is 12.9. The summed E-state index contributed by atoms with van der Waals surface area (Å²) in [5.74, 6) is -2.47. The van der Waals surface area contributed by atoms with Gasteiger partial charge in [-0.05, 0) is 18.2 Å². The second-order valence-corrected chi connectivity index (χ2v) is 4.67. The van der Waals surface area contributed by atoms with E-state index in [9.17, 15) is 17.6 Å². The van der Waals surface area contributed by atoms with Gasteiger partial charge in [0, 0.05) is 0 Å². The molecule has 0 saturated carbocycles. The Kier molecular flexibility index (Phi) is 2.94. The average Bonchev–Trinajstić information content (AvgIpc) is 2.16. The van der Waals surface area contributed by atoms with Gasteiger partial charge >= 0.3 is 11.5 Å². The minimum atomic E-state index is -4.59. The molecule has 82 valence electrons. The summed E-state index contributed by atoms with van der Waals surface area (Å²) in [6, 6.07) is 4.15. The van der Waals surface area contributed by atoms with Gasteiger partial charge in [-0.25, -0.2) is 17.6 Å². The molecule has 15 heavy (non-hydrogen) atoms. The number of carbonyl (C=O) groups is 1. The largest absolute Gasteiger partial charge is 0.508 e. The van der Waals surface area contributed by atoms with Gasteiger partial charge in [-0.2, -0.15) is 0 Å². The first-order valence-corrected chi connectivity index (χ1v) is 5.30. The molecule has 1 atom stereocenters. The van der Waals surface area contributed by atoms with Crippen molar-refractivity contribution in [2.24, 2.45) is 0 Å². The van der Waals surface area contributed by atoms with Gasteiger partial charge in [0.25, 0.3) is 0 Å². The van der Waals surface area contributed by atoms with Crippen LogP contribution in [0.1, 0.15) is 0 Å². The zero-order chi connectivity index (χ0) is 11.6. The quantitative estimate of drug-likeness (QED) is 0.796. The molecule has 0 radical (unpaired) electrons. The Labute approximate surface area is 84.7 Å². The highest BCUT2D eigenvalue weighted by Gasteiger charge is 2.33. The molecule has 0 amide bonds. The molecule has 0 bridgehead atoms. The number of hydrogen-bond acceptors (Lipinski definition) is 4. The minimum absolute atomic E-state index is 0.381. The van der Waals surface area contributed by atoms with Crippen LogP contribution in [0.4, 0.5) is 4.39 Å². The van der Waals surface area contributed by atoms with Crippen molar-refractivity contribution in [1.82, 2.24) is 0 Å². The van der Waals surface area contributed by atoms with Crippen LogP contribution >= 0.6 is 0 Å². The van der Waals surface area contributed by atoms with E-state index in [4.69, 9.17) is 10.2 Å². The third-order valence-corrected chi connectivity index (χ3v) is 3.27. The van der Waals surface area contributed by atoms with Crippen LogP contribution in [0.15, 0.2) is 29.2 Å². The number of sulfone groups is 1. The van der Waals surface area contributed by atoms with Crippen LogP contribution in [0.2, 0.25) is 0 Å². The number of benzene rings is 1. The first kappa shape index (κ1) is 11.4. The SMILES string of the molecule is O=C(O)C(F)S(=O)(=O)c1cccc(O)c1. The summed E-state index contributed by atoms with van der Waals surface area (Å²) in [7, 11) is -4.59. The summed E-state index contributed by atoms with van der Waals surface area (Å²) >= 11 is 0. The van der Waals surface area contributed by atoms with Gasteiger partial charge in [-0.15, -0.1) is 0 Å². The highest BCUT2D eigenvalue weighted by atomic mass is 32.2. The molecule has 0 aliphatic carbocycles. The smallest absolute Gasteiger partial charge is 0.354 e. The fourth-order valence-electron chi connectivity index (χ4n) is 0.913. The standard InChI is InChI=1S/C8H7FO5S/c9-7(8(11)12)15(13,14)6-3-1-2-5(10)4-6/h1-4,7,10H,(H,11,12). The normalized spacial score (nSPS) is 13.4. The number of carboxylic acids is 1. The van der Waals surface area contributed by atoms with E-state index in [-0.39, 0.29) is 5.75 Å². The van der Waals surface area contributed by atoms with E-state index in [1.165, 1.54) is 12.1 Å². The molecule has 0 aliphatic heterocycles. The number of carboxylic acid groups (broad SMARTS) is 1. The Bertz CT molecular complexity index is 482. The van der Waals surface area contributed by atoms with E-state index in [1.807, 2.05) is 0 Å². The Morgan fingerprint density at radius 2 is 2.00 bits per heavy atom. The molecule has 0 saturated heterocycles. The lowest BCUT2D eigenvalue weighted by molar-refractivity contribution is -0.139. The van der Waals surface area contributed by atoms with Crippen molar-refractivity contribution in [2.45, 2.75) is 10.4 Å². The maximum Gasteiger partial charge on any atom is 0.354 e. The van der Waals surface area contributed by atoms with Crippen LogP contribution < -0.4 is 0 Å². The molecule has 0 aliphatic rings. The highest BCUT2D eigenvalue weighted by molar-refractivity contribution is 7.92. The zero-order valence-electron chi connectivity index (χ0n) is 7.29. The third-order valence-electron chi connectivity index (χ3n) is 1.61. The van der Waals surface area contributed by atoms with Crippen LogP contribution in [0.5, 0.6) is 5.75 Å². The van der Waals surface area contributed by atoms with Crippen LogP contribution in [0.3, 0.4) is 0 Å². The van der Waals surface area contributed by atoms with Gasteiger partial charge in [0.15, 0.2) is 0 Å². The minimum Gasteiger partial charge on any atom is -0.508 e. The van der Waals surface area contributed by atoms with Crippen LogP contribution in [0, 0.1) is 0 Å². The highest BCUT2D eigenvalue weighted by Crippen LogP contribution is 2.21. The second kappa shape index (κ2) is 3.85. The molecule has 0 aromatic heterocycles. The number of alkyl halides is 1. The summed E-state index contributed by atoms with van der Waals surface area (Å²) < 4.78 is 35.4. The van der Waals surface area contributed by atoms with Gasteiger partial charge in [-0.3, -0.25) is 0 Å². The van der Waals surface area contributed by atoms with Crippen molar-refractivity contribution in [3.63, 3.8) is 0 Å². The lowest BCUT2D eigenvalue weighted by Crippen LogP contribution is -2.25. The first-order chi connectivity index (χ1) is 6.85. The number of phenolic OH excluding ortho intramolecular Hbond substituents is 1. The van der Waals surface area contributed by atoms with E-state index in [2.05, 4.69) is 0 Å². The molecule has 7 heteroatoms. The average molecular weight is 234 g/mol. The molecule has 0 heterocycles. The van der Waals surface area contributed by atoms with Crippen molar-refractivity contribution in [2.75, 3.05) is 0 Å². The summed E-state index contributed by atoms with van der Waals surface area (Å²) in [6.45, 7) is 0. The van der Waals surface area contributed by atoms with Gasteiger partial charge in [0.1, 0.15) is 5.75 Å². The maximum absolute atomic E-state index is 12.9. The van der Waals surface area contributed by atoms with E-state index < -0.39 is 26.2 Å². The van der Waals surface area contributed by atoms with Gasteiger partial charge in [-0.1, -0.05) is 6.07 Å². The van der Waals surface area contributed by atoms with Crippen molar-refractivity contribution in [3.05, 3.63) is 24.3 Å². The van der Waals surface area contributed by atoms with Crippen LogP contribution in [-0.2, 0) is 14.6 Å². The lowest BCUT2D eigenvalue weighted by Gasteiger charge is -2.05. The van der Waals surface area contributed by atoms with E-state index in [0.717, 1.165) is 12.1 Å². The Hall–Kier alpha value is -1.63. The fourth-order valence-corrected chi connectivity index (χ4v) is 1.97. The predicted octanol–water partition coefficient (Wildman–Crippen LogP) is 0.546. The Morgan fingerprint density at radius 1 is 1.40 bits per heavy atom. The Morgan fingerprint density at radius 3 is 2.47 bits per heavy atom. The van der Waals surface area contributed by atoms with E-state index in [0.29, 0.717) is 0 Å². The summed E-state index contributed by atoms with van der Waals surface area (Å²) in [4.78, 5) is 9.62. The molecule has 2 N–H and O–H groups in total. The molecule has 0 fully saturated rings. The van der Waals surface area contributed by atoms with Crippen molar-refractivity contribution in [3.8, 4) is 5.75 Å². The number of rotatable bonds is 3. The van der Waals surface area contributed by atoms with Crippen molar-refractivity contribution >= 4 is 15.8 Å². The van der Waals surface area contributed by atoms with Gasteiger partial charge < -0.3 is 10.2 Å². The number of phenols is 1. The van der Waals surface area contributed by atoms with Crippen LogP contribution in [-0.4, -0.2) is 30.1 Å². The molecular formula is C8H7FO5S. The van der Waals surface area contributed by atoms with Gasteiger partial charge in [0.2, 0.25) is 9.84 Å². The summed E-state index contributed by atoms with van der Waals surface area (Å²) in [5, 5.41) is 17.2. The number of halogens is 1. The third kappa shape index (κ3) is 2.24. The fraction of sp³-hybridized carbons (Fsp3) is 0.125. The predicted molar refractivity (Wildman–Crippen MR) is 47.8 cm³/mol. The van der Waals surface area contributed by atoms with Crippen molar-refractivity contribution in [1.29, 1.82) is 0 Å². The molecule has 1 rings (SSSR count). The molecule has 1 unspecified atom stereocenters. The Balaban J connectivity index is 3.23. The lowest BCUT2D eigenvalue weighted by atomic mass is 10.3.